The van der Waals surface area contributed by atoms with Gasteiger partial charge in [0.05, 0.1) is 0 Å². The number of rotatable bonds is 3. The van der Waals surface area contributed by atoms with Crippen LogP contribution in [-0.2, 0) is 6.54 Å². The van der Waals surface area contributed by atoms with Crippen LogP contribution in [0.5, 0.6) is 0 Å². The van der Waals surface area contributed by atoms with E-state index in [0.717, 1.165) is 15.4 Å². The molecule has 4 nitrogen and oxygen atoms in total. The Morgan fingerprint density at radius 3 is 3.00 bits per heavy atom. The topological polar surface area (TPSA) is 55.1 Å². The average molecular weight is 331 g/mol. The number of furan rings is 1. The van der Waals surface area contributed by atoms with Crippen LogP contribution in [0.15, 0.2) is 57.7 Å². The van der Waals surface area contributed by atoms with Gasteiger partial charge in [-0.3, -0.25) is 9.78 Å². The van der Waals surface area contributed by atoms with Gasteiger partial charge in [0.1, 0.15) is 5.58 Å². The standard InChI is InChI=1S/C15H11BrN2O2/c16-12-3-4-13-11(6-12)7-14(20-13)15(19)18-9-10-2-1-5-17-8-10/h1-8H,9H2,(H,18,19). The van der Waals surface area contributed by atoms with E-state index < -0.39 is 0 Å². The number of halogens is 1. The van der Waals surface area contributed by atoms with Crippen LogP contribution in [0.1, 0.15) is 16.1 Å². The van der Waals surface area contributed by atoms with E-state index in [1.807, 2.05) is 30.3 Å². The molecule has 3 aromatic rings. The fraction of sp³-hybridized carbons (Fsp3) is 0.0667. The van der Waals surface area contributed by atoms with Crippen molar-refractivity contribution < 1.29 is 9.21 Å². The summed E-state index contributed by atoms with van der Waals surface area (Å²) >= 11 is 3.39. The van der Waals surface area contributed by atoms with Crippen molar-refractivity contribution in [2.75, 3.05) is 0 Å². The number of fused-ring (bicyclic) bond motifs is 1. The zero-order valence-electron chi connectivity index (χ0n) is 10.5. The molecule has 0 atom stereocenters. The molecule has 1 N–H and O–H groups in total. The molecule has 2 aromatic heterocycles. The minimum atomic E-state index is -0.235. The number of nitrogens with zero attached hydrogens (tertiary/aromatic N) is 1. The first-order valence-corrected chi connectivity index (χ1v) is 6.88. The number of hydrogen-bond donors (Lipinski definition) is 1. The van der Waals surface area contributed by atoms with Gasteiger partial charge in [0.2, 0.25) is 0 Å². The Kier molecular flexibility index (Phi) is 3.52. The third kappa shape index (κ3) is 2.72. The van der Waals surface area contributed by atoms with Crippen LogP contribution in [0.3, 0.4) is 0 Å². The Bertz CT molecular complexity index is 753. The Labute approximate surface area is 123 Å². The van der Waals surface area contributed by atoms with Crippen molar-refractivity contribution in [3.63, 3.8) is 0 Å². The predicted molar refractivity (Wildman–Crippen MR) is 79.3 cm³/mol. The van der Waals surface area contributed by atoms with Gasteiger partial charge in [-0.1, -0.05) is 22.0 Å². The minimum absolute atomic E-state index is 0.235. The highest BCUT2D eigenvalue weighted by Gasteiger charge is 2.12. The molecule has 3 rings (SSSR count). The molecule has 0 bridgehead atoms. The lowest BCUT2D eigenvalue weighted by Gasteiger charge is -2.02. The number of amides is 1. The number of hydrogen-bond acceptors (Lipinski definition) is 3. The van der Waals surface area contributed by atoms with Gasteiger partial charge in [0, 0.05) is 28.8 Å². The third-order valence-corrected chi connectivity index (χ3v) is 3.37. The second-order valence-electron chi connectivity index (χ2n) is 4.34. The van der Waals surface area contributed by atoms with Crippen LogP contribution in [0.4, 0.5) is 0 Å². The molecule has 5 heteroatoms. The van der Waals surface area contributed by atoms with Crippen molar-refractivity contribution in [1.29, 1.82) is 0 Å². The van der Waals surface area contributed by atoms with Gasteiger partial charge in [-0.05, 0) is 35.9 Å². The van der Waals surface area contributed by atoms with E-state index in [-0.39, 0.29) is 5.91 Å². The predicted octanol–water partition coefficient (Wildman–Crippen LogP) is 3.52. The van der Waals surface area contributed by atoms with Crippen molar-refractivity contribution in [2.45, 2.75) is 6.54 Å². The fourth-order valence-electron chi connectivity index (χ4n) is 1.90. The summed E-state index contributed by atoms with van der Waals surface area (Å²) in [7, 11) is 0. The largest absolute Gasteiger partial charge is 0.451 e. The summed E-state index contributed by atoms with van der Waals surface area (Å²) in [4.78, 5) is 16.0. The molecule has 0 radical (unpaired) electrons. The van der Waals surface area contributed by atoms with Crippen LogP contribution in [0.25, 0.3) is 11.0 Å². The van der Waals surface area contributed by atoms with E-state index in [9.17, 15) is 4.79 Å². The summed E-state index contributed by atoms with van der Waals surface area (Å²) < 4.78 is 6.48. The second kappa shape index (κ2) is 5.46. The average Bonchev–Trinajstić information content (AvgIpc) is 2.89. The van der Waals surface area contributed by atoms with Crippen LogP contribution in [-0.4, -0.2) is 10.9 Å². The zero-order chi connectivity index (χ0) is 13.9. The molecule has 2 heterocycles. The van der Waals surface area contributed by atoms with Gasteiger partial charge in [-0.2, -0.15) is 0 Å². The molecule has 0 aliphatic rings. The van der Waals surface area contributed by atoms with E-state index in [1.165, 1.54) is 0 Å². The van der Waals surface area contributed by atoms with Gasteiger partial charge in [0.15, 0.2) is 5.76 Å². The van der Waals surface area contributed by atoms with Crippen molar-refractivity contribution in [2.24, 2.45) is 0 Å². The first kappa shape index (κ1) is 12.9. The number of aromatic nitrogens is 1. The summed E-state index contributed by atoms with van der Waals surface area (Å²) in [5.41, 5.74) is 1.64. The molecule has 1 aromatic carbocycles. The first-order chi connectivity index (χ1) is 9.72. The zero-order valence-corrected chi connectivity index (χ0v) is 12.1. The van der Waals surface area contributed by atoms with Gasteiger partial charge in [-0.15, -0.1) is 0 Å². The van der Waals surface area contributed by atoms with Gasteiger partial charge in [-0.25, -0.2) is 0 Å². The molecular formula is C15H11BrN2O2. The molecular weight excluding hydrogens is 320 g/mol. The molecule has 0 fully saturated rings. The molecule has 0 saturated carbocycles. The number of benzene rings is 1. The van der Waals surface area contributed by atoms with E-state index in [4.69, 9.17) is 4.42 Å². The van der Waals surface area contributed by atoms with E-state index in [1.54, 1.807) is 18.5 Å². The number of nitrogens with one attached hydrogen (secondary N) is 1. The quantitative estimate of drug-likeness (QED) is 0.799. The van der Waals surface area contributed by atoms with Crippen LogP contribution >= 0.6 is 15.9 Å². The van der Waals surface area contributed by atoms with Crippen molar-refractivity contribution in [1.82, 2.24) is 10.3 Å². The maximum atomic E-state index is 12.0. The highest BCUT2D eigenvalue weighted by Crippen LogP contribution is 2.23. The minimum Gasteiger partial charge on any atom is -0.451 e. The lowest BCUT2D eigenvalue weighted by molar-refractivity contribution is 0.0925. The summed E-state index contributed by atoms with van der Waals surface area (Å²) in [6, 6.07) is 11.1. The molecule has 0 unspecified atom stereocenters. The smallest absolute Gasteiger partial charge is 0.287 e. The maximum Gasteiger partial charge on any atom is 0.287 e. The molecule has 100 valence electrons. The summed E-state index contributed by atoms with van der Waals surface area (Å²) in [6.07, 6.45) is 3.42. The van der Waals surface area contributed by atoms with Crippen LogP contribution < -0.4 is 5.32 Å². The van der Waals surface area contributed by atoms with Crippen LogP contribution in [0, 0.1) is 0 Å². The molecule has 1 amide bonds. The Morgan fingerprint density at radius 2 is 2.20 bits per heavy atom. The second-order valence-corrected chi connectivity index (χ2v) is 5.25. The molecule has 0 saturated heterocycles. The van der Waals surface area contributed by atoms with Crippen molar-refractivity contribution >= 4 is 32.8 Å². The molecule has 0 spiro atoms. The highest BCUT2D eigenvalue weighted by molar-refractivity contribution is 9.10. The Morgan fingerprint density at radius 1 is 1.30 bits per heavy atom. The summed E-state index contributed by atoms with van der Waals surface area (Å²) in [5, 5.41) is 3.70. The van der Waals surface area contributed by atoms with E-state index >= 15 is 0 Å². The fourth-order valence-corrected chi connectivity index (χ4v) is 2.28. The SMILES string of the molecule is O=C(NCc1cccnc1)c1cc2cc(Br)ccc2o1. The van der Waals surface area contributed by atoms with Crippen LogP contribution in [0.2, 0.25) is 0 Å². The van der Waals surface area contributed by atoms with E-state index in [2.05, 4.69) is 26.2 Å². The highest BCUT2D eigenvalue weighted by atomic mass is 79.9. The third-order valence-electron chi connectivity index (χ3n) is 2.88. The van der Waals surface area contributed by atoms with Gasteiger partial charge >= 0.3 is 0 Å². The first-order valence-electron chi connectivity index (χ1n) is 6.08. The maximum absolute atomic E-state index is 12.0. The van der Waals surface area contributed by atoms with Gasteiger partial charge in [0.25, 0.3) is 5.91 Å². The monoisotopic (exact) mass is 330 g/mol. The van der Waals surface area contributed by atoms with Gasteiger partial charge < -0.3 is 9.73 Å². The Balaban J connectivity index is 1.75. The normalized spacial score (nSPS) is 10.7. The van der Waals surface area contributed by atoms with Crippen molar-refractivity contribution in [3.8, 4) is 0 Å². The number of carbonyl (C=O) groups is 1. The Hall–Kier alpha value is -2.14. The van der Waals surface area contributed by atoms with E-state index in [0.29, 0.717) is 17.9 Å². The summed E-state index contributed by atoms with van der Waals surface area (Å²) in [5.74, 6) is 0.0724. The number of carbonyl (C=O) groups excluding carboxylic acids is 1. The molecule has 0 aliphatic carbocycles. The molecule has 0 aliphatic heterocycles. The lowest BCUT2D eigenvalue weighted by atomic mass is 10.2. The summed E-state index contributed by atoms with van der Waals surface area (Å²) in [6.45, 7) is 0.424. The lowest BCUT2D eigenvalue weighted by Crippen LogP contribution is -2.22. The number of pyridine rings is 1. The van der Waals surface area contributed by atoms with Crippen molar-refractivity contribution in [3.05, 3.63) is 64.6 Å². The molecule has 20 heavy (non-hydrogen) atoms.